The van der Waals surface area contributed by atoms with E-state index in [2.05, 4.69) is 72.7 Å². The molecule has 0 bridgehead atoms. The standard InChI is InChI=1S/C27H37N3O/c1-6-18-29-20-21(4)26(19-22(29)5)30(24-12-10-9-11-13-24)25-16-14-23(15-17-25)27(31)28(7-2)8-3/h6,9-17,21-22,26H,1,7-8,18-20H2,2-5H3/t21-,22-,26+/m0/s1. The second-order valence-electron chi connectivity index (χ2n) is 8.60. The molecule has 0 radical (unpaired) electrons. The third-order valence-electron chi connectivity index (χ3n) is 6.56. The van der Waals surface area contributed by atoms with Gasteiger partial charge in [0.15, 0.2) is 0 Å². The molecule has 1 heterocycles. The number of carbonyl (C=O) groups excluding carboxylic acids is 1. The minimum absolute atomic E-state index is 0.0996. The summed E-state index contributed by atoms with van der Waals surface area (Å²) in [4.78, 5) is 19.6. The Hall–Kier alpha value is -2.59. The van der Waals surface area contributed by atoms with Crippen LogP contribution < -0.4 is 4.90 Å². The molecule has 1 fully saturated rings. The summed E-state index contributed by atoms with van der Waals surface area (Å²) in [6.45, 7) is 16.1. The highest BCUT2D eigenvalue weighted by molar-refractivity contribution is 5.94. The molecule has 0 aliphatic carbocycles. The molecule has 166 valence electrons. The fourth-order valence-corrected chi connectivity index (χ4v) is 4.76. The number of nitrogens with zero attached hydrogens (tertiary/aromatic N) is 3. The van der Waals surface area contributed by atoms with Gasteiger partial charge in [0, 0.05) is 55.2 Å². The summed E-state index contributed by atoms with van der Waals surface area (Å²) < 4.78 is 0. The lowest BCUT2D eigenvalue weighted by Gasteiger charge is -2.46. The Morgan fingerprint density at radius 1 is 1.03 bits per heavy atom. The topological polar surface area (TPSA) is 26.8 Å². The first kappa shape index (κ1) is 23.1. The summed E-state index contributed by atoms with van der Waals surface area (Å²) in [5.41, 5.74) is 3.10. The Morgan fingerprint density at radius 2 is 1.65 bits per heavy atom. The van der Waals surface area contributed by atoms with Crippen molar-refractivity contribution in [2.24, 2.45) is 5.92 Å². The van der Waals surface area contributed by atoms with Gasteiger partial charge in [-0.3, -0.25) is 9.69 Å². The number of likely N-dealkylation sites (tertiary alicyclic amines) is 1. The summed E-state index contributed by atoms with van der Waals surface area (Å²) in [5, 5.41) is 0. The summed E-state index contributed by atoms with van der Waals surface area (Å²) >= 11 is 0. The van der Waals surface area contributed by atoms with Crippen LogP contribution in [0.15, 0.2) is 67.3 Å². The number of hydrogen-bond acceptors (Lipinski definition) is 3. The van der Waals surface area contributed by atoms with Crippen molar-refractivity contribution in [3.8, 4) is 0 Å². The molecule has 1 amide bonds. The Balaban J connectivity index is 1.92. The Bertz CT molecular complexity index is 845. The van der Waals surface area contributed by atoms with Crippen molar-refractivity contribution in [2.75, 3.05) is 31.1 Å². The fraction of sp³-hybridized carbons (Fsp3) is 0.444. The molecule has 0 aromatic heterocycles. The quantitative estimate of drug-likeness (QED) is 0.522. The van der Waals surface area contributed by atoms with Crippen molar-refractivity contribution in [3.63, 3.8) is 0 Å². The number of piperidine rings is 1. The van der Waals surface area contributed by atoms with Crippen LogP contribution in [0.25, 0.3) is 0 Å². The lowest BCUT2D eigenvalue weighted by Crippen LogP contribution is -2.52. The third kappa shape index (κ3) is 5.19. The zero-order chi connectivity index (χ0) is 22.4. The largest absolute Gasteiger partial charge is 0.339 e. The summed E-state index contributed by atoms with van der Waals surface area (Å²) in [7, 11) is 0. The Morgan fingerprint density at radius 3 is 2.23 bits per heavy atom. The van der Waals surface area contributed by atoms with E-state index in [9.17, 15) is 4.79 Å². The molecule has 3 atom stereocenters. The van der Waals surface area contributed by atoms with E-state index < -0.39 is 0 Å². The summed E-state index contributed by atoms with van der Waals surface area (Å²) in [6.07, 6.45) is 3.09. The zero-order valence-electron chi connectivity index (χ0n) is 19.5. The molecule has 3 rings (SSSR count). The lowest BCUT2D eigenvalue weighted by molar-refractivity contribution is 0.0773. The van der Waals surface area contributed by atoms with E-state index in [4.69, 9.17) is 0 Å². The fourth-order valence-electron chi connectivity index (χ4n) is 4.76. The van der Waals surface area contributed by atoms with Crippen LogP contribution in [0.4, 0.5) is 11.4 Å². The molecule has 0 N–H and O–H groups in total. The van der Waals surface area contributed by atoms with Gasteiger partial charge in [0.2, 0.25) is 0 Å². The number of benzene rings is 2. The number of para-hydroxylation sites is 1. The van der Waals surface area contributed by atoms with E-state index in [1.54, 1.807) is 0 Å². The molecule has 0 spiro atoms. The van der Waals surface area contributed by atoms with Crippen LogP contribution in [0.5, 0.6) is 0 Å². The highest BCUT2D eigenvalue weighted by atomic mass is 16.2. The minimum atomic E-state index is 0.0996. The number of amides is 1. The van der Waals surface area contributed by atoms with E-state index in [-0.39, 0.29) is 5.91 Å². The summed E-state index contributed by atoms with van der Waals surface area (Å²) in [6, 6.07) is 19.7. The smallest absolute Gasteiger partial charge is 0.253 e. The molecule has 0 unspecified atom stereocenters. The first-order valence-corrected chi connectivity index (χ1v) is 11.6. The third-order valence-corrected chi connectivity index (χ3v) is 6.56. The van der Waals surface area contributed by atoms with Gasteiger partial charge in [0.1, 0.15) is 0 Å². The van der Waals surface area contributed by atoms with E-state index in [1.807, 2.05) is 37.0 Å². The highest BCUT2D eigenvalue weighted by Gasteiger charge is 2.35. The van der Waals surface area contributed by atoms with Crippen molar-refractivity contribution < 1.29 is 4.79 Å². The van der Waals surface area contributed by atoms with Gasteiger partial charge in [0.25, 0.3) is 5.91 Å². The molecule has 0 saturated carbocycles. The Labute approximate surface area is 188 Å². The van der Waals surface area contributed by atoms with E-state index in [0.29, 0.717) is 18.0 Å². The molecular weight excluding hydrogens is 382 g/mol. The highest BCUT2D eigenvalue weighted by Crippen LogP contribution is 2.36. The molecule has 2 aromatic rings. The van der Waals surface area contributed by atoms with Crippen molar-refractivity contribution in [3.05, 3.63) is 72.8 Å². The van der Waals surface area contributed by atoms with Crippen LogP contribution in [-0.4, -0.2) is 54.0 Å². The van der Waals surface area contributed by atoms with Gasteiger partial charge in [-0.15, -0.1) is 6.58 Å². The van der Waals surface area contributed by atoms with Crippen LogP contribution in [-0.2, 0) is 0 Å². The predicted molar refractivity (Wildman–Crippen MR) is 131 cm³/mol. The second-order valence-corrected chi connectivity index (χ2v) is 8.60. The molecule has 1 aliphatic heterocycles. The van der Waals surface area contributed by atoms with Crippen LogP contribution in [0.3, 0.4) is 0 Å². The minimum Gasteiger partial charge on any atom is -0.339 e. The zero-order valence-corrected chi connectivity index (χ0v) is 19.5. The number of carbonyl (C=O) groups is 1. The van der Waals surface area contributed by atoms with Gasteiger partial charge in [-0.2, -0.15) is 0 Å². The average Bonchev–Trinajstić information content (AvgIpc) is 2.79. The summed E-state index contributed by atoms with van der Waals surface area (Å²) in [5.74, 6) is 0.607. The van der Waals surface area contributed by atoms with Crippen LogP contribution in [0.2, 0.25) is 0 Å². The normalized spacial score (nSPS) is 21.5. The second kappa shape index (κ2) is 10.6. The van der Waals surface area contributed by atoms with Crippen molar-refractivity contribution in [1.82, 2.24) is 9.80 Å². The van der Waals surface area contributed by atoms with Gasteiger partial charge >= 0.3 is 0 Å². The van der Waals surface area contributed by atoms with Crippen molar-refractivity contribution >= 4 is 17.3 Å². The predicted octanol–water partition coefficient (Wildman–Crippen LogP) is 5.59. The van der Waals surface area contributed by atoms with Crippen molar-refractivity contribution in [1.29, 1.82) is 0 Å². The van der Waals surface area contributed by atoms with Gasteiger partial charge in [-0.25, -0.2) is 0 Å². The maximum absolute atomic E-state index is 12.8. The van der Waals surface area contributed by atoms with Crippen molar-refractivity contribution in [2.45, 2.75) is 46.2 Å². The van der Waals surface area contributed by atoms with Gasteiger partial charge in [0.05, 0.1) is 0 Å². The number of rotatable bonds is 8. The Kier molecular flexibility index (Phi) is 7.91. The van der Waals surface area contributed by atoms with Crippen LogP contribution >= 0.6 is 0 Å². The van der Waals surface area contributed by atoms with E-state index >= 15 is 0 Å². The number of anilines is 2. The van der Waals surface area contributed by atoms with E-state index in [1.165, 1.54) is 5.69 Å². The van der Waals surface area contributed by atoms with Crippen LogP contribution in [0.1, 0.15) is 44.5 Å². The molecule has 1 aliphatic rings. The van der Waals surface area contributed by atoms with E-state index in [0.717, 1.165) is 43.9 Å². The van der Waals surface area contributed by atoms with Gasteiger partial charge in [-0.05, 0) is 69.5 Å². The van der Waals surface area contributed by atoms with Gasteiger partial charge in [-0.1, -0.05) is 31.2 Å². The maximum Gasteiger partial charge on any atom is 0.253 e. The monoisotopic (exact) mass is 419 g/mol. The molecule has 1 saturated heterocycles. The first-order chi connectivity index (χ1) is 15.0. The first-order valence-electron chi connectivity index (χ1n) is 11.6. The molecule has 31 heavy (non-hydrogen) atoms. The van der Waals surface area contributed by atoms with Gasteiger partial charge < -0.3 is 9.80 Å². The molecule has 4 nitrogen and oxygen atoms in total. The average molecular weight is 420 g/mol. The molecule has 2 aromatic carbocycles. The molecule has 4 heteroatoms. The molecular formula is C27H37N3O. The number of hydrogen-bond donors (Lipinski definition) is 0. The maximum atomic E-state index is 12.8. The SMILES string of the molecule is C=CCN1C[C@H](C)[C@H](N(c2ccccc2)c2ccc(C(=O)N(CC)CC)cc2)C[C@@H]1C. The lowest BCUT2D eigenvalue weighted by atomic mass is 9.87. The van der Waals surface area contributed by atoms with Crippen LogP contribution in [0, 0.1) is 5.92 Å².